The predicted octanol–water partition coefficient (Wildman–Crippen LogP) is -0.434. The van der Waals surface area contributed by atoms with Crippen molar-refractivity contribution in [1.82, 2.24) is 10.2 Å². The molecular weight excluding hydrogens is 622 g/mol. The lowest BCUT2D eigenvalue weighted by atomic mass is 9.99. The van der Waals surface area contributed by atoms with Gasteiger partial charge in [0, 0.05) is 38.1 Å². The van der Waals surface area contributed by atoms with Crippen LogP contribution in [0.5, 0.6) is 5.75 Å². The zero-order valence-corrected chi connectivity index (χ0v) is 26.0. The Morgan fingerprint density at radius 3 is 2.30 bits per heavy atom. The molecule has 1 saturated heterocycles. The first-order chi connectivity index (χ1) is 22.2. The highest BCUT2D eigenvalue weighted by atomic mass is 16.7. The first-order valence-electron chi connectivity index (χ1n) is 14.9. The van der Waals surface area contributed by atoms with Crippen LogP contribution in [0, 0.1) is 11.8 Å². The number of hydrogen-bond donors (Lipinski definition) is 6. The number of aliphatic hydroxyl groups is 3. The number of carboxylic acids is 1. The van der Waals surface area contributed by atoms with E-state index in [4.69, 9.17) is 14.2 Å². The highest BCUT2D eigenvalue weighted by Crippen LogP contribution is 2.31. The summed E-state index contributed by atoms with van der Waals surface area (Å²) < 4.78 is 16.1. The lowest BCUT2D eigenvalue weighted by Gasteiger charge is -2.38. The van der Waals surface area contributed by atoms with Crippen LogP contribution in [-0.4, -0.2) is 111 Å². The molecule has 6 atom stereocenters. The second-order valence-corrected chi connectivity index (χ2v) is 11.2. The van der Waals surface area contributed by atoms with Gasteiger partial charge in [-0.2, -0.15) is 0 Å². The quantitative estimate of drug-likeness (QED) is 0.103. The topological polar surface area (TPSA) is 238 Å². The number of carbonyl (C=O) groups excluding carboxylic acids is 5. The molecule has 2 aliphatic rings. The van der Waals surface area contributed by atoms with Gasteiger partial charge in [-0.25, -0.2) is 4.79 Å². The fourth-order valence-corrected chi connectivity index (χ4v) is 4.33. The molecule has 0 saturated carbocycles. The van der Waals surface area contributed by atoms with Gasteiger partial charge in [-0.3, -0.25) is 28.9 Å². The van der Waals surface area contributed by atoms with Gasteiger partial charge in [-0.15, -0.1) is 0 Å². The molecule has 1 aromatic rings. The molecule has 1 fully saturated rings. The Morgan fingerprint density at radius 2 is 1.66 bits per heavy atom. The maximum Gasteiger partial charge on any atom is 0.335 e. The Labute approximate surface area is 270 Å². The van der Waals surface area contributed by atoms with Gasteiger partial charge in [-0.1, -0.05) is 32.9 Å². The highest BCUT2D eigenvalue weighted by molar-refractivity contribution is 6.13. The van der Waals surface area contributed by atoms with Crippen LogP contribution in [-0.2, 0) is 38.2 Å². The summed E-state index contributed by atoms with van der Waals surface area (Å²) in [5.74, 6) is -4.38. The normalized spacial score (nSPS) is 23.2. The van der Waals surface area contributed by atoms with Crippen molar-refractivity contribution in [1.29, 1.82) is 0 Å². The van der Waals surface area contributed by atoms with Gasteiger partial charge in [0.15, 0.2) is 6.10 Å². The minimum atomic E-state index is -1.94. The van der Waals surface area contributed by atoms with Gasteiger partial charge in [-0.05, 0) is 29.7 Å². The molecule has 0 aromatic heterocycles. The monoisotopic (exact) mass is 661 g/mol. The van der Waals surface area contributed by atoms with Crippen LogP contribution < -0.4 is 15.4 Å². The molecule has 16 heteroatoms. The third kappa shape index (κ3) is 10.2. The fraction of sp³-hybridized carbons (Fsp3) is 0.484. The second kappa shape index (κ2) is 16.8. The van der Waals surface area contributed by atoms with Gasteiger partial charge in [0.05, 0.1) is 11.6 Å². The highest BCUT2D eigenvalue weighted by Gasteiger charge is 2.48. The van der Waals surface area contributed by atoms with E-state index in [0.717, 1.165) is 17.1 Å². The number of benzene rings is 1. The van der Waals surface area contributed by atoms with Crippen molar-refractivity contribution >= 4 is 47.3 Å². The number of hydrogen-bond acceptors (Lipinski definition) is 12. The van der Waals surface area contributed by atoms with E-state index in [9.17, 15) is 49.2 Å². The fourth-order valence-electron chi connectivity index (χ4n) is 4.33. The number of aliphatic hydroxyl groups excluding tert-OH is 3. The van der Waals surface area contributed by atoms with Crippen LogP contribution in [0.25, 0.3) is 6.08 Å². The average molecular weight is 662 g/mol. The van der Waals surface area contributed by atoms with E-state index < -0.39 is 60.3 Å². The first kappa shape index (κ1) is 36.8. The van der Waals surface area contributed by atoms with Crippen LogP contribution in [0.2, 0.25) is 0 Å². The SMILES string of the molecule is CC(C)C(C)C(=O)OC/C=C/c1ccc(O[C@@H]2O[C@H](C(=O)O)[C@@H](O)[C@H](O)[C@H]2O)c(NC(=O)CCNC(=O)CCN2C(=O)C=CC2=O)c1. The number of carbonyl (C=O) groups is 6. The van der Waals surface area contributed by atoms with Gasteiger partial charge in [0.2, 0.25) is 18.1 Å². The number of nitrogens with one attached hydrogen (secondary N) is 2. The summed E-state index contributed by atoms with van der Waals surface area (Å²) in [4.78, 5) is 72.8. The number of aliphatic carboxylic acids is 1. The van der Waals surface area contributed by atoms with Gasteiger partial charge in [0.1, 0.15) is 30.7 Å². The third-order valence-corrected chi connectivity index (χ3v) is 7.47. The number of esters is 1. The summed E-state index contributed by atoms with van der Waals surface area (Å²) in [6.45, 7) is 5.32. The molecule has 0 radical (unpaired) electrons. The molecule has 0 aliphatic carbocycles. The summed E-state index contributed by atoms with van der Waals surface area (Å²) in [6.07, 6.45) is -4.38. The molecule has 256 valence electrons. The number of ether oxygens (including phenoxy) is 3. The molecule has 0 bridgehead atoms. The summed E-state index contributed by atoms with van der Waals surface area (Å²) >= 11 is 0. The summed E-state index contributed by atoms with van der Waals surface area (Å²) in [6, 6.07) is 4.39. The lowest BCUT2D eigenvalue weighted by Crippen LogP contribution is -2.61. The van der Waals surface area contributed by atoms with Crippen molar-refractivity contribution in [3.63, 3.8) is 0 Å². The molecule has 4 amide bonds. The number of amides is 4. The van der Waals surface area contributed by atoms with Crippen LogP contribution >= 0.6 is 0 Å². The molecule has 1 aromatic carbocycles. The van der Waals surface area contributed by atoms with Crippen molar-refractivity contribution in [2.75, 3.05) is 25.0 Å². The number of anilines is 1. The minimum absolute atomic E-state index is 0.0228. The largest absolute Gasteiger partial charge is 0.479 e. The number of rotatable bonds is 15. The van der Waals surface area contributed by atoms with Crippen molar-refractivity contribution in [3.05, 3.63) is 42.0 Å². The third-order valence-electron chi connectivity index (χ3n) is 7.47. The van der Waals surface area contributed by atoms with Crippen molar-refractivity contribution in [3.8, 4) is 5.75 Å². The van der Waals surface area contributed by atoms with Gasteiger partial charge < -0.3 is 45.3 Å². The van der Waals surface area contributed by atoms with Gasteiger partial charge >= 0.3 is 11.9 Å². The molecule has 0 spiro atoms. The van der Waals surface area contributed by atoms with Crippen LogP contribution in [0.15, 0.2) is 36.4 Å². The van der Waals surface area contributed by atoms with E-state index in [2.05, 4.69) is 10.6 Å². The Hall–Kier alpha value is -4.64. The van der Waals surface area contributed by atoms with Gasteiger partial charge in [0.25, 0.3) is 11.8 Å². The molecule has 47 heavy (non-hydrogen) atoms. The standard InChI is InChI=1S/C31H39N3O13/c1-16(2)17(3)30(44)45-14-4-5-18-6-7-20(46-31-27(41)25(39)26(40)28(47-31)29(42)43)19(15-18)33-22(36)10-12-32-21(35)11-13-34-23(37)8-9-24(34)38/h4-9,15-17,25-28,31,39-41H,10-14H2,1-3H3,(H,32,35)(H,33,36)(H,42,43)/b5-4+/t17?,25-,26-,27+,28-,31+/m0/s1. The lowest BCUT2D eigenvalue weighted by molar-refractivity contribution is -0.271. The zero-order valence-electron chi connectivity index (χ0n) is 26.0. The summed E-state index contributed by atoms with van der Waals surface area (Å²) in [7, 11) is 0. The number of nitrogens with zero attached hydrogens (tertiary/aromatic N) is 1. The summed E-state index contributed by atoms with van der Waals surface area (Å²) in [5.41, 5.74) is 0.550. The zero-order chi connectivity index (χ0) is 34.8. The summed E-state index contributed by atoms with van der Waals surface area (Å²) in [5, 5.41) is 45.0. The van der Waals surface area contributed by atoms with Crippen molar-refractivity contribution < 1.29 is 63.4 Å². The van der Waals surface area contributed by atoms with Crippen LogP contribution in [0.3, 0.4) is 0 Å². The molecule has 2 aliphatic heterocycles. The Kier molecular flexibility index (Phi) is 13.1. The van der Waals surface area contributed by atoms with Crippen LogP contribution in [0.4, 0.5) is 5.69 Å². The molecule has 16 nitrogen and oxygen atoms in total. The molecular formula is C31H39N3O13. The molecule has 2 heterocycles. The first-order valence-corrected chi connectivity index (χ1v) is 14.9. The van der Waals surface area contributed by atoms with E-state index >= 15 is 0 Å². The Balaban J connectivity index is 1.67. The maximum absolute atomic E-state index is 12.8. The van der Waals surface area contributed by atoms with Crippen LogP contribution in [0.1, 0.15) is 39.2 Å². The molecule has 3 rings (SSSR count). The maximum atomic E-state index is 12.8. The van der Waals surface area contributed by atoms with E-state index in [-0.39, 0.29) is 61.8 Å². The van der Waals surface area contributed by atoms with Crippen molar-refractivity contribution in [2.45, 2.75) is 64.3 Å². The Bertz CT molecular complexity index is 1390. The molecule has 6 N–H and O–H groups in total. The van der Waals surface area contributed by atoms with E-state index in [0.29, 0.717) is 5.56 Å². The van der Waals surface area contributed by atoms with Crippen molar-refractivity contribution in [2.24, 2.45) is 11.8 Å². The van der Waals surface area contributed by atoms with E-state index in [1.54, 1.807) is 25.1 Å². The average Bonchev–Trinajstić information content (AvgIpc) is 3.34. The smallest absolute Gasteiger partial charge is 0.335 e. The minimum Gasteiger partial charge on any atom is -0.479 e. The number of imide groups is 1. The Morgan fingerprint density at radius 1 is 0.979 bits per heavy atom. The second-order valence-electron chi connectivity index (χ2n) is 11.2. The predicted molar refractivity (Wildman–Crippen MR) is 162 cm³/mol. The number of carboxylic acid groups (broad SMARTS) is 1. The van der Waals surface area contributed by atoms with E-state index in [1.165, 1.54) is 12.1 Å². The van der Waals surface area contributed by atoms with E-state index in [1.807, 2.05) is 13.8 Å². The molecule has 1 unspecified atom stereocenters.